The number of carbonyl (C=O) groups is 4. The number of halogens is 2. The number of hydrogen-bond donors (Lipinski definition) is 1. The first-order valence-corrected chi connectivity index (χ1v) is 12.2. The molecule has 1 aliphatic rings. The van der Waals surface area contributed by atoms with E-state index in [-0.39, 0.29) is 34.6 Å². The fraction of sp³-hybridized carbons (Fsp3) is 0.217. The maximum absolute atomic E-state index is 12.8. The van der Waals surface area contributed by atoms with Crippen LogP contribution < -0.4 is 14.8 Å². The van der Waals surface area contributed by atoms with Crippen LogP contribution >= 0.6 is 39.3 Å². The van der Waals surface area contributed by atoms with Gasteiger partial charge >= 0.3 is 5.97 Å². The Bertz CT molecular complexity index is 1190. The Balaban J connectivity index is 1.72. The number of imide groups is 1. The minimum atomic E-state index is -0.608. The van der Waals surface area contributed by atoms with E-state index in [0.717, 1.165) is 9.37 Å². The Kier molecular flexibility index (Phi) is 9.19. The second-order valence-electron chi connectivity index (χ2n) is 6.95. The summed E-state index contributed by atoms with van der Waals surface area (Å²) in [5.41, 5.74) is 0.993. The topological polar surface area (TPSA) is 111 Å². The summed E-state index contributed by atoms with van der Waals surface area (Å²) in [6.45, 7) is 1.11. The predicted molar refractivity (Wildman–Crippen MR) is 136 cm³/mol. The van der Waals surface area contributed by atoms with Crippen LogP contribution in [0.25, 0.3) is 6.08 Å². The van der Waals surface area contributed by atoms with Gasteiger partial charge in [-0.2, -0.15) is 0 Å². The number of anilines is 1. The molecule has 35 heavy (non-hydrogen) atoms. The zero-order chi connectivity index (χ0) is 25.5. The van der Waals surface area contributed by atoms with Gasteiger partial charge in [-0.05, 0) is 66.7 Å². The summed E-state index contributed by atoms with van der Waals surface area (Å²) in [5, 5.41) is 2.21. The molecule has 0 aromatic heterocycles. The number of rotatable bonds is 9. The highest BCUT2D eigenvalue weighted by Crippen LogP contribution is 2.39. The molecule has 0 atom stereocenters. The van der Waals surface area contributed by atoms with Gasteiger partial charge in [0.2, 0.25) is 5.91 Å². The molecule has 0 saturated carbocycles. The first-order chi connectivity index (χ1) is 16.7. The van der Waals surface area contributed by atoms with Gasteiger partial charge in [0.1, 0.15) is 6.54 Å². The average Bonchev–Trinajstić information content (AvgIpc) is 3.07. The minimum Gasteiger partial charge on any atom is -0.493 e. The van der Waals surface area contributed by atoms with Crippen molar-refractivity contribution in [2.75, 3.05) is 32.2 Å². The highest BCUT2D eigenvalue weighted by atomic mass is 79.9. The maximum Gasteiger partial charge on any atom is 0.344 e. The molecule has 1 fully saturated rings. The van der Waals surface area contributed by atoms with E-state index in [2.05, 4.69) is 21.2 Å². The molecule has 0 bridgehead atoms. The van der Waals surface area contributed by atoms with Crippen molar-refractivity contribution in [3.8, 4) is 11.5 Å². The first kappa shape index (κ1) is 26.6. The number of ether oxygens (including phenoxy) is 3. The highest BCUT2D eigenvalue weighted by molar-refractivity contribution is 9.10. The quantitative estimate of drug-likeness (QED) is 0.333. The van der Waals surface area contributed by atoms with E-state index in [1.54, 1.807) is 37.3 Å². The summed E-state index contributed by atoms with van der Waals surface area (Å²) in [4.78, 5) is 50.1. The first-order valence-electron chi connectivity index (χ1n) is 10.2. The highest BCUT2D eigenvalue weighted by Gasteiger charge is 2.36. The third-order valence-corrected chi connectivity index (χ3v) is 6.21. The van der Waals surface area contributed by atoms with Crippen LogP contribution in [0.5, 0.6) is 11.5 Å². The molecule has 1 heterocycles. The number of methoxy groups -OCH3 is 1. The molecule has 2 aromatic rings. The Morgan fingerprint density at radius 3 is 2.57 bits per heavy atom. The maximum atomic E-state index is 12.8. The van der Waals surface area contributed by atoms with E-state index in [4.69, 9.17) is 25.8 Å². The lowest BCUT2D eigenvalue weighted by Gasteiger charge is -2.13. The third kappa shape index (κ3) is 7.00. The SMILES string of the molecule is CCOC(=O)COc1c(Cl)cc(/C=C2\SC(=O)N(CC(=O)Nc3ccc(Br)cc3)C2=O)cc1OC. The molecule has 0 aliphatic carbocycles. The summed E-state index contributed by atoms with van der Waals surface area (Å²) in [6.07, 6.45) is 1.46. The number of nitrogens with one attached hydrogen (secondary N) is 1. The lowest BCUT2D eigenvalue weighted by Crippen LogP contribution is -2.36. The molecule has 9 nitrogen and oxygen atoms in total. The standard InChI is InChI=1S/C23H20BrClN2O7S/c1-3-33-20(29)12-34-21-16(25)8-13(9-17(21)32-2)10-18-22(30)27(23(31)35-18)11-19(28)26-15-6-4-14(24)5-7-15/h4-10H,3,11-12H2,1-2H3,(H,26,28)/b18-10-. The number of benzene rings is 2. The number of thioether (sulfide) groups is 1. The largest absolute Gasteiger partial charge is 0.493 e. The van der Waals surface area contributed by atoms with Gasteiger partial charge < -0.3 is 19.5 Å². The van der Waals surface area contributed by atoms with E-state index < -0.39 is 29.6 Å². The van der Waals surface area contributed by atoms with E-state index in [1.165, 1.54) is 19.3 Å². The molecule has 0 unspecified atom stereocenters. The van der Waals surface area contributed by atoms with Gasteiger partial charge in [-0.25, -0.2) is 4.79 Å². The molecular formula is C23H20BrClN2O7S. The fourth-order valence-electron chi connectivity index (χ4n) is 2.96. The number of hydrogen-bond acceptors (Lipinski definition) is 8. The second kappa shape index (κ2) is 12.1. The number of esters is 1. The molecule has 184 valence electrons. The molecule has 2 aromatic carbocycles. The van der Waals surface area contributed by atoms with Crippen molar-refractivity contribution in [2.24, 2.45) is 0 Å². The molecule has 3 amide bonds. The Hall–Kier alpha value is -3.02. The zero-order valence-corrected chi connectivity index (χ0v) is 21.8. The molecule has 1 N–H and O–H groups in total. The van der Waals surface area contributed by atoms with E-state index in [1.807, 2.05) is 0 Å². The van der Waals surface area contributed by atoms with Crippen LogP contribution in [-0.2, 0) is 19.1 Å². The van der Waals surface area contributed by atoms with Crippen LogP contribution in [0.3, 0.4) is 0 Å². The molecule has 3 rings (SSSR count). The average molecular weight is 584 g/mol. The Labute approximate surface area is 218 Å². The molecule has 12 heteroatoms. The van der Waals surface area contributed by atoms with Gasteiger partial charge in [0.15, 0.2) is 18.1 Å². The Morgan fingerprint density at radius 2 is 1.91 bits per heavy atom. The van der Waals surface area contributed by atoms with Crippen molar-refractivity contribution < 1.29 is 33.4 Å². The molecule has 1 saturated heterocycles. The predicted octanol–water partition coefficient (Wildman–Crippen LogP) is 4.73. The lowest BCUT2D eigenvalue weighted by atomic mass is 10.1. The van der Waals surface area contributed by atoms with Crippen LogP contribution in [0, 0.1) is 0 Å². The Morgan fingerprint density at radius 1 is 1.20 bits per heavy atom. The molecular weight excluding hydrogens is 564 g/mol. The van der Waals surface area contributed by atoms with E-state index in [9.17, 15) is 19.2 Å². The monoisotopic (exact) mass is 582 g/mol. The van der Waals surface area contributed by atoms with Crippen molar-refractivity contribution >= 4 is 74.1 Å². The van der Waals surface area contributed by atoms with Gasteiger partial charge in [-0.1, -0.05) is 27.5 Å². The van der Waals surface area contributed by atoms with Gasteiger partial charge in [-0.15, -0.1) is 0 Å². The molecule has 0 radical (unpaired) electrons. The van der Waals surface area contributed by atoms with Gasteiger partial charge in [0.25, 0.3) is 11.1 Å². The summed E-state index contributed by atoms with van der Waals surface area (Å²) in [7, 11) is 1.39. The van der Waals surface area contributed by atoms with Crippen LogP contribution in [0.4, 0.5) is 10.5 Å². The normalized spacial score (nSPS) is 14.3. The molecule has 0 spiro atoms. The summed E-state index contributed by atoms with van der Waals surface area (Å²) in [6, 6.07) is 9.93. The summed E-state index contributed by atoms with van der Waals surface area (Å²) in [5.74, 6) is -1.32. The third-order valence-electron chi connectivity index (χ3n) is 4.49. The van der Waals surface area contributed by atoms with Crippen molar-refractivity contribution in [2.45, 2.75) is 6.92 Å². The van der Waals surface area contributed by atoms with Crippen molar-refractivity contribution in [3.05, 3.63) is 56.4 Å². The summed E-state index contributed by atoms with van der Waals surface area (Å²) < 4.78 is 16.4. The number of amides is 3. The van der Waals surface area contributed by atoms with Gasteiger partial charge in [-0.3, -0.25) is 19.3 Å². The van der Waals surface area contributed by atoms with Crippen LogP contribution in [0.2, 0.25) is 5.02 Å². The van der Waals surface area contributed by atoms with Crippen LogP contribution in [0.15, 0.2) is 45.8 Å². The van der Waals surface area contributed by atoms with Crippen molar-refractivity contribution in [1.82, 2.24) is 4.90 Å². The summed E-state index contributed by atoms with van der Waals surface area (Å²) >= 11 is 10.3. The van der Waals surface area contributed by atoms with Gasteiger partial charge in [0, 0.05) is 10.2 Å². The van der Waals surface area contributed by atoms with Gasteiger partial charge in [0.05, 0.1) is 23.6 Å². The zero-order valence-electron chi connectivity index (χ0n) is 18.6. The van der Waals surface area contributed by atoms with Crippen molar-refractivity contribution in [1.29, 1.82) is 0 Å². The molecule has 1 aliphatic heterocycles. The lowest BCUT2D eigenvalue weighted by molar-refractivity contribution is -0.145. The number of carbonyl (C=O) groups excluding carboxylic acids is 4. The number of nitrogens with zero attached hydrogens (tertiary/aromatic N) is 1. The van der Waals surface area contributed by atoms with Crippen molar-refractivity contribution in [3.63, 3.8) is 0 Å². The van der Waals surface area contributed by atoms with E-state index >= 15 is 0 Å². The smallest absolute Gasteiger partial charge is 0.344 e. The minimum absolute atomic E-state index is 0.116. The second-order valence-corrected chi connectivity index (χ2v) is 9.27. The van der Waals surface area contributed by atoms with Crippen LogP contribution in [0.1, 0.15) is 12.5 Å². The fourth-order valence-corrected chi connectivity index (χ4v) is 4.34. The van der Waals surface area contributed by atoms with Crippen LogP contribution in [-0.4, -0.2) is 54.8 Å². The van der Waals surface area contributed by atoms with E-state index in [0.29, 0.717) is 23.0 Å².